The molecule has 8 heteroatoms. The number of ether oxygens (including phenoxy) is 1. The molecule has 0 bridgehead atoms. The van der Waals surface area contributed by atoms with Crippen molar-refractivity contribution in [1.29, 1.82) is 0 Å². The number of nitrogens with zero attached hydrogens (tertiary/aromatic N) is 4. The number of carbonyl (C=O) groups is 1. The molecule has 2 aliphatic rings. The lowest BCUT2D eigenvalue weighted by molar-refractivity contribution is -0.922. The Morgan fingerprint density at radius 1 is 1.15 bits per heavy atom. The second-order valence-corrected chi connectivity index (χ2v) is 8.66. The minimum absolute atomic E-state index is 0.154. The van der Waals surface area contributed by atoms with Gasteiger partial charge in [0.05, 0.1) is 18.6 Å². The smallest absolute Gasteiger partial charge is 0.219 e. The van der Waals surface area contributed by atoms with Crippen molar-refractivity contribution in [2.45, 2.75) is 27.3 Å². The Hall–Kier alpha value is -1.77. The predicted molar refractivity (Wildman–Crippen MR) is 107 cm³/mol. The lowest BCUT2D eigenvalue weighted by Crippen LogP contribution is -3.12. The Labute approximate surface area is 163 Å². The number of morpholine rings is 1. The number of piperazine rings is 1. The van der Waals surface area contributed by atoms with Crippen LogP contribution in [0.4, 0.5) is 5.82 Å². The van der Waals surface area contributed by atoms with Crippen molar-refractivity contribution in [1.82, 2.24) is 14.9 Å². The molecule has 0 unspecified atom stereocenters. The molecule has 2 aliphatic heterocycles. The SMILES string of the molecule is CC(=O)N1CCN(c2nc(C[NH+]3CCOCC3)nc3sc(C)c(C)c23)CC1. The average molecular weight is 391 g/mol. The van der Waals surface area contributed by atoms with Gasteiger partial charge >= 0.3 is 0 Å². The molecule has 0 saturated carbocycles. The summed E-state index contributed by atoms with van der Waals surface area (Å²) in [5.41, 5.74) is 1.28. The second kappa shape index (κ2) is 7.69. The number of aryl methyl sites for hydroxylation is 2. The summed E-state index contributed by atoms with van der Waals surface area (Å²) in [6, 6.07) is 0. The van der Waals surface area contributed by atoms with Crippen LogP contribution in [0.3, 0.4) is 0 Å². The van der Waals surface area contributed by atoms with Gasteiger partial charge < -0.3 is 19.4 Å². The van der Waals surface area contributed by atoms with Gasteiger partial charge in [-0.05, 0) is 19.4 Å². The van der Waals surface area contributed by atoms with Crippen LogP contribution < -0.4 is 9.80 Å². The number of aromatic nitrogens is 2. The van der Waals surface area contributed by atoms with E-state index >= 15 is 0 Å². The van der Waals surface area contributed by atoms with Gasteiger partial charge in [0.1, 0.15) is 30.3 Å². The summed E-state index contributed by atoms with van der Waals surface area (Å²) in [7, 11) is 0. The third kappa shape index (κ3) is 3.79. The van der Waals surface area contributed by atoms with Gasteiger partial charge in [-0.25, -0.2) is 9.97 Å². The molecular weight excluding hydrogens is 362 g/mol. The second-order valence-electron chi connectivity index (χ2n) is 7.46. The number of hydrogen-bond acceptors (Lipinski definition) is 6. The Balaban J connectivity index is 1.65. The van der Waals surface area contributed by atoms with E-state index in [0.717, 1.165) is 75.5 Å². The first kappa shape index (κ1) is 18.6. The fraction of sp³-hybridized carbons (Fsp3) is 0.632. The van der Waals surface area contributed by atoms with Crippen LogP contribution in [0.5, 0.6) is 0 Å². The number of quaternary nitrogens is 1. The number of thiophene rings is 1. The molecule has 2 aromatic rings. The van der Waals surface area contributed by atoms with Gasteiger partial charge in [0.2, 0.25) is 5.91 Å². The quantitative estimate of drug-likeness (QED) is 0.822. The number of hydrogen-bond donors (Lipinski definition) is 1. The lowest BCUT2D eigenvalue weighted by atomic mass is 10.2. The van der Waals surface area contributed by atoms with Crippen molar-refractivity contribution >= 4 is 33.3 Å². The summed E-state index contributed by atoms with van der Waals surface area (Å²) in [5.74, 6) is 2.12. The topological polar surface area (TPSA) is 63.0 Å². The fourth-order valence-electron chi connectivity index (χ4n) is 3.87. The molecule has 2 fully saturated rings. The highest BCUT2D eigenvalue weighted by Crippen LogP contribution is 2.35. The first-order chi connectivity index (χ1) is 13.0. The van der Waals surface area contributed by atoms with Crippen molar-refractivity contribution in [2.24, 2.45) is 0 Å². The van der Waals surface area contributed by atoms with Crippen molar-refractivity contribution in [3.8, 4) is 0 Å². The van der Waals surface area contributed by atoms with Crippen molar-refractivity contribution in [3.05, 3.63) is 16.3 Å². The molecule has 2 saturated heterocycles. The molecule has 0 aliphatic carbocycles. The summed E-state index contributed by atoms with van der Waals surface area (Å²) in [5, 5.41) is 1.19. The van der Waals surface area contributed by atoms with E-state index in [9.17, 15) is 4.79 Å². The van der Waals surface area contributed by atoms with Gasteiger partial charge in [-0.3, -0.25) is 4.79 Å². The zero-order chi connectivity index (χ0) is 19.0. The lowest BCUT2D eigenvalue weighted by Gasteiger charge is -2.35. The first-order valence-electron chi connectivity index (χ1n) is 9.71. The van der Waals surface area contributed by atoms with E-state index in [1.807, 2.05) is 4.90 Å². The molecule has 2 aromatic heterocycles. The summed E-state index contributed by atoms with van der Waals surface area (Å²) in [6.07, 6.45) is 0. The maximum Gasteiger partial charge on any atom is 0.219 e. The van der Waals surface area contributed by atoms with Crippen LogP contribution in [0, 0.1) is 13.8 Å². The largest absolute Gasteiger partial charge is 0.370 e. The number of amides is 1. The molecule has 1 N–H and O–H groups in total. The van der Waals surface area contributed by atoms with Gasteiger partial charge in [0.15, 0.2) is 5.82 Å². The van der Waals surface area contributed by atoms with E-state index in [0.29, 0.717) is 0 Å². The molecule has 4 rings (SSSR count). The first-order valence-corrected chi connectivity index (χ1v) is 10.5. The highest BCUT2D eigenvalue weighted by atomic mass is 32.1. The number of nitrogens with one attached hydrogen (secondary N) is 1. The predicted octanol–water partition coefficient (Wildman–Crippen LogP) is 0.392. The summed E-state index contributed by atoms with van der Waals surface area (Å²) < 4.78 is 5.47. The number of rotatable bonds is 3. The van der Waals surface area contributed by atoms with Gasteiger partial charge in [-0.2, -0.15) is 0 Å². The molecule has 4 heterocycles. The van der Waals surface area contributed by atoms with Crippen molar-refractivity contribution in [3.63, 3.8) is 0 Å². The van der Waals surface area contributed by atoms with E-state index in [2.05, 4.69) is 18.7 Å². The number of fused-ring (bicyclic) bond motifs is 1. The zero-order valence-electron chi connectivity index (χ0n) is 16.4. The molecular formula is C19H28N5O2S+. The molecule has 1 amide bonds. The Morgan fingerprint density at radius 3 is 2.52 bits per heavy atom. The summed E-state index contributed by atoms with van der Waals surface area (Å²) in [4.78, 5) is 29.7. The standard InChI is InChI=1S/C19H27N5O2S/c1-13-14(2)27-19-17(13)18(24-6-4-23(5-7-24)15(3)25)20-16(21-19)12-22-8-10-26-11-9-22/h4-12H2,1-3H3/p+1. The fourth-order valence-corrected chi connectivity index (χ4v) is 4.92. The summed E-state index contributed by atoms with van der Waals surface area (Å²) >= 11 is 1.76. The van der Waals surface area contributed by atoms with Gasteiger partial charge in [-0.1, -0.05) is 0 Å². The molecule has 27 heavy (non-hydrogen) atoms. The van der Waals surface area contributed by atoms with Crippen molar-refractivity contribution < 1.29 is 14.4 Å². The van der Waals surface area contributed by atoms with Gasteiger partial charge in [0, 0.05) is 38.0 Å². The van der Waals surface area contributed by atoms with Crippen LogP contribution in [-0.2, 0) is 16.1 Å². The van der Waals surface area contributed by atoms with Gasteiger partial charge in [0.25, 0.3) is 0 Å². The average Bonchev–Trinajstić information content (AvgIpc) is 2.96. The number of anilines is 1. The normalized spacial score (nSPS) is 19.1. The van der Waals surface area contributed by atoms with Crippen LogP contribution in [0.1, 0.15) is 23.2 Å². The van der Waals surface area contributed by atoms with Crippen LogP contribution >= 0.6 is 11.3 Å². The van der Waals surface area contributed by atoms with Crippen LogP contribution in [0.15, 0.2) is 0 Å². The molecule has 146 valence electrons. The third-order valence-electron chi connectivity index (χ3n) is 5.69. The zero-order valence-corrected chi connectivity index (χ0v) is 17.2. The molecule has 0 spiro atoms. The monoisotopic (exact) mass is 390 g/mol. The molecule has 7 nitrogen and oxygen atoms in total. The minimum atomic E-state index is 0.154. The van der Waals surface area contributed by atoms with Crippen LogP contribution in [0.2, 0.25) is 0 Å². The Bertz CT molecular complexity index is 838. The molecule has 0 aromatic carbocycles. The number of carbonyl (C=O) groups excluding carboxylic acids is 1. The van der Waals surface area contributed by atoms with E-state index < -0.39 is 0 Å². The van der Waals surface area contributed by atoms with Crippen LogP contribution in [0.25, 0.3) is 10.2 Å². The maximum atomic E-state index is 11.7. The molecule has 0 radical (unpaired) electrons. The highest BCUT2D eigenvalue weighted by molar-refractivity contribution is 7.18. The van der Waals surface area contributed by atoms with E-state index in [-0.39, 0.29) is 5.91 Å². The van der Waals surface area contributed by atoms with Gasteiger partial charge in [-0.15, -0.1) is 11.3 Å². The Morgan fingerprint density at radius 2 is 1.85 bits per heavy atom. The third-order valence-corrected chi connectivity index (χ3v) is 6.79. The van der Waals surface area contributed by atoms with E-state index in [4.69, 9.17) is 14.7 Å². The molecule has 0 atom stereocenters. The van der Waals surface area contributed by atoms with E-state index in [1.54, 1.807) is 18.3 Å². The Kier molecular flexibility index (Phi) is 5.29. The maximum absolute atomic E-state index is 11.7. The van der Waals surface area contributed by atoms with Crippen molar-refractivity contribution in [2.75, 3.05) is 57.4 Å². The minimum Gasteiger partial charge on any atom is -0.370 e. The summed E-state index contributed by atoms with van der Waals surface area (Å²) in [6.45, 7) is 13.6. The van der Waals surface area contributed by atoms with Crippen LogP contribution in [-0.4, -0.2) is 73.3 Å². The highest BCUT2D eigenvalue weighted by Gasteiger charge is 2.25. The van der Waals surface area contributed by atoms with E-state index in [1.165, 1.54) is 20.7 Å².